The van der Waals surface area contributed by atoms with Crippen molar-refractivity contribution in [2.75, 3.05) is 31.1 Å². The molecule has 1 aromatic rings. The Morgan fingerprint density at radius 3 is 2.54 bits per heavy atom. The summed E-state index contributed by atoms with van der Waals surface area (Å²) in [6, 6.07) is 1.57. The molecule has 0 bridgehead atoms. The second-order valence-corrected chi connectivity index (χ2v) is 7.49. The van der Waals surface area contributed by atoms with E-state index in [1.807, 2.05) is 4.90 Å². The van der Waals surface area contributed by atoms with Crippen LogP contribution >= 0.6 is 0 Å². The molecule has 2 saturated heterocycles. The largest absolute Gasteiger partial charge is 0.458 e. The summed E-state index contributed by atoms with van der Waals surface area (Å²) in [6.45, 7) is 2.45. The Morgan fingerprint density at radius 2 is 1.88 bits per heavy atom. The van der Waals surface area contributed by atoms with Gasteiger partial charge in [-0.3, -0.25) is 14.4 Å². The van der Waals surface area contributed by atoms with Gasteiger partial charge < -0.3 is 14.5 Å². The molecular weight excluding hydrogens is 336 g/mol. The summed E-state index contributed by atoms with van der Waals surface area (Å²) in [5.41, 5.74) is 0.0820. The highest BCUT2D eigenvalue weighted by molar-refractivity contribution is 5.88. The quantitative estimate of drug-likeness (QED) is 0.706. The molecule has 26 heavy (non-hydrogen) atoms. The van der Waals surface area contributed by atoms with Crippen LogP contribution in [0.2, 0.25) is 0 Å². The zero-order chi connectivity index (χ0) is 18.3. The standard InChI is InChI=1S/C18H24N4O4/c1-20-15(23)10-13(12-19-20)21-6-8-22(9-7-21)17(25)14-11-16(24)26-18(14)4-2-3-5-18/h10,12,14H,2-9,11H2,1H3/t14-/m1/s1. The van der Waals surface area contributed by atoms with Crippen molar-refractivity contribution >= 4 is 17.6 Å². The van der Waals surface area contributed by atoms with Gasteiger partial charge in [-0.2, -0.15) is 5.10 Å². The van der Waals surface area contributed by atoms with Crippen LogP contribution in [0, 0.1) is 5.92 Å². The van der Waals surface area contributed by atoms with Crippen LogP contribution < -0.4 is 10.5 Å². The molecule has 0 N–H and O–H groups in total. The van der Waals surface area contributed by atoms with Crippen LogP contribution in [0.25, 0.3) is 0 Å². The zero-order valence-electron chi connectivity index (χ0n) is 15.0. The van der Waals surface area contributed by atoms with Crippen molar-refractivity contribution < 1.29 is 14.3 Å². The summed E-state index contributed by atoms with van der Waals surface area (Å²) in [5, 5.41) is 4.06. The first-order chi connectivity index (χ1) is 12.5. The number of amides is 1. The Labute approximate surface area is 151 Å². The van der Waals surface area contributed by atoms with Gasteiger partial charge in [0.25, 0.3) is 5.56 Å². The molecule has 0 radical (unpaired) electrons. The Hall–Kier alpha value is -2.38. The third-order valence-corrected chi connectivity index (χ3v) is 5.98. The maximum Gasteiger partial charge on any atom is 0.307 e. The van der Waals surface area contributed by atoms with Gasteiger partial charge in [-0.05, 0) is 25.7 Å². The molecule has 1 atom stereocenters. The first-order valence-electron chi connectivity index (χ1n) is 9.27. The fourth-order valence-corrected chi connectivity index (χ4v) is 4.47. The third kappa shape index (κ3) is 2.87. The second-order valence-electron chi connectivity index (χ2n) is 7.49. The molecule has 1 amide bonds. The van der Waals surface area contributed by atoms with E-state index in [2.05, 4.69) is 10.00 Å². The summed E-state index contributed by atoms with van der Waals surface area (Å²) < 4.78 is 6.90. The molecule has 0 aromatic carbocycles. The van der Waals surface area contributed by atoms with E-state index < -0.39 is 5.60 Å². The molecule has 3 fully saturated rings. The van der Waals surface area contributed by atoms with Gasteiger partial charge in [0, 0.05) is 39.3 Å². The number of nitrogens with zero attached hydrogens (tertiary/aromatic N) is 4. The number of carbonyl (C=O) groups excluding carboxylic acids is 2. The number of anilines is 1. The van der Waals surface area contributed by atoms with Crippen molar-refractivity contribution in [3.8, 4) is 0 Å². The van der Waals surface area contributed by atoms with Crippen LogP contribution in [0.3, 0.4) is 0 Å². The number of aryl methyl sites for hydroxylation is 1. The van der Waals surface area contributed by atoms with Crippen LogP contribution in [0.5, 0.6) is 0 Å². The molecule has 4 rings (SSSR count). The normalized spacial score (nSPS) is 25.0. The maximum atomic E-state index is 13.1. The van der Waals surface area contributed by atoms with Crippen LogP contribution in [0.15, 0.2) is 17.1 Å². The topological polar surface area (TPSA) is 84.7 Å². The van der Waals surface area contributed by atoms with Crippen molar-refractivity contribution in [2.45, 2.75) is 37.7 Å². The molecule has 8 nitrogen and oxygen atoms in total. The predicted octanol–water partition coefficient (Wildman–Crippen LogP) is 0.305. The summed E-state index contributed by atoms with van der Waals surface area (Å²) >= 11 is 0. The fraction of sp³-hybridized carbons (Fsp3) is 0.667. The summed E-state index contributed by atoms with van der Waals surface area (Å²) in [7, 11) is 1.62. The Balaban J connectivity index is 1.42. The third-order valence-electron chi connectivity index (χ3n) is 5.98. The van der Waals surface area contributed by atoms with E-state index in [-0.39, 0.29) is 29.8 Å². The highest BCUT2D eigenvalue weighted by Gasteiger charge is 2.54. The van der Waals surface area contributed by atoms with Gasteiger partial charge in [-0.15, -0.1) is 0 Å². The number of ether oxygens (including phenoxy) is 1. The van der Waals surface area contributed by atoms with Gasteiger partial charge >= 0.3 is 5.97 Å². The highest BCUT2D eigenvalue weighted by atomic mass is 16.6. The second kappa shape index (κ2) is 6.41. The maximum absolute atomic E-state index is 13.1. The van der Waals surface area contributed by atoms with E-state index in [4.69, 9.17) is 4.74 Å². The minimum atomic E-state index is -0.555. The number of esters is 1. The van der Waals surface area contributed by atoms with Crippen LogP contribution in [-0.4, -0.2) is 58.3 Å². The number of piperazine rings is 1. The molecule has 1 aliphatic carbocycles. The van der Waals surface area contributed by atoms with Gasteiger partial charge in [0.1, 0.15) is 5.60 Å². The number of rotatable bonds is 2. The molecule has 3 aliphatic rings. The average molecular weight is 360 g/mol. The lowest BCUT2D eigenvalue weighted by Crippen LogP contribution is -2.53. The molecule has 1 spiro atoms. The smallest absolute Gasteiger partial charge is 0.307 e. The van der Waals surface area contributed by atoms with Gasteiger partial charge in [-0.1, -0.05) is 0 Å². The zero-order valence-corrected chi connectivity index (χ0v) is 15.0. The van der Waals surface area contributed by atoms with Crippen LogP contribution in [-0.2, 0) is 21.4 Å². The average Bonchev–Trinajstić information content (AvgIpc) is 3.23. The van der Waals surface area contributed by atoms with Crippen LogP contribution in [0.4, 0.5) is 5.69 Å². The van der Waals surface area contributed by atoms with Gasteiger partial charge in [0.05, 0.1) is 24.2 Å². The van der Waals surface area contributed by atoms with E-state index in [1.54, 1.807) is 19.3 Å². The molecule has 3 heterocycles. The first kappa shape index (κ1) is 17.1. The molecule has 1 aromatic heterocycles. The lowest BCUT2D eigenvalue weighted by Gasteiger charge is -2.38. The summed E-state index contributed by atoms with van der Waals surface area (Å²) in [6.07, 6.45) is 5.51. The SMILES string of the molecule is Cn1ncc(N2CCN(C(=O)[C@H]3CC(=O)OC34CCCC4)CC2)cc1=O. The molecule has 8 heteroatoms. The Kier molecular flexibility index (Phi) is 4.20. The van der Waals surface area contributed by atoms with Gasteiger partial charge in [0.15, 0.2) is 0 Å². The van der Waals surface area contributed by atoms with E-state index >= 15 is 0 Å². The van der Waals surface area contributed by atoms with E-state index in [1.165, 1.54) is 4.68 Å². The molecular formula is C18H24N4O4. The number of carbonyl (C=O) groups is 2. The monoisotopic (exact) mass is 360 g/mol. The van der Waals surface area contributed by atoms with E-state index in [0.29, 0.717) is 26.2 Å². The highest BCUT2D eigenvalue weighted by Crippen LogP contribution is 2.46. The van der Waals surface area contributed by atoms with Gasteiger partial charge in [0.2, 0.25) is 5.91 Å². The summed E-state index contributed by atoms with van der Waals surface area (Å²) in [5.74, 6) is -0.538. The van der Waals surface area contributed by atoms with Crippen molar-refractivity contribution in [1.29, 1.82) is 0 Å². The lowest BCUT2D eigenvalue weighted by molar-refractivity contribution is -0.151. The Bertz CT molecular complexity index is 776. The van der Waals surface area contributed by atoms with Crippen LogP contribution in [0.1, 0.15) is 32.1 Å². The molecule has 1 saturated carbocycles. The fourth-order valence-electron chi connectivity index (χ4n) is 4.47. The van der Waals surface area contributed by atoms with E-state index in [9.17, 15) is 14.4 Å². The number of aromatic nitrogens is 2. The minimum absolute atomic E-state index is 0.0412. The van der Waals surface area contributed by atoms with Crippen molar-refractivity contribution in [2.24, 2.45) is 13.0 Å². The molecule has 2 aliphatic heterocycles. The number of hydrogen-bond acceptors (Lipinski definition) is 6. The molecule has 0 unspecified atom stereocenters. The van der Waals surface area contributed by atoms with Crippen molar-refractivity contribution in [3.05, 3.63) is 22.6 Å². The van der Waals surface area contributed by atoms with Crippen molar-refractivity contribution in [3.63, 3.8) is 0 Å². The number of hydrogen-bond donors (Lipinski definition) is 0. The van der Waals surface area contributed by atoms with Crippen molar-refractivity contribution in [1.82, 2.24) is 14.7 Å². The Morgan fingerprint density at radius 1 is 1.19 bits per heavy atom. The molecule has 140 valence electrons. The van der Waals surface area contributed by atoms with E-state index in [0.717, 1.165) is 31.4 Å². The predicted molar refractivity (Wildman–Crippen MR) is 93.7 cm³/mol. The van der Waals surface area contributed by atoms with Gasteiger partial charge in [-0.25, -0.2) is 4.68 Å². The lowest BCUT2D eigenvalue weighted by atomic mass is 9.84. The minimum Gasteiger partial charge on any atom is -0.458 e. The summed E-state index contributed by atoms with van der Waals surface area (Å²) in [4.78, 5) is 40.6. The first-order valence-corrected chi connectivity index (χ1v) is 9.27.